The zero-order valence-electron chi connectivity index (χ0n) is 21.7. The van der Waals surface area contributed by atoms with Crippen LogP contribution in [0.1, 0.15) is 51.5 Å². The van der Waals surface area contributed by atoms with Gasteiger partial charge in [-0.1, -0.05) is 59.5 Å². The first-order chi connectivity index (χ1) is 17.6. The lowest BCUT2D eigenvalue weighted by molar-refractivity contribution is -0.139. The molecule has 202 valence electrons. The number of hydrogen-bond acceptors (Lipinski definition) is 5. The van der Waals surface area contributed by atoms with Crippen molar-refractivity contribution in [3.63, 3.8) is 0 Å². The number of anilines is 1. The predicted octanol–water partition coefficient (Wildman–Crippen LogP) is 4.48. The molecule has 3 rings (SSSR count). The highest BCUT2D eigenvalue weighted by Crippen LogP contribution is 2.30. The number of hydrogen-bond donors (Lipinski definition) is 1. The van der Waals surface area contributed by atoms with Crippen LogP contribution in [0, 0.1) is 0 Å². The fourth-order valence-corrected chi connectivity index (χ4v) is 5.82. The Kier molecular flexibility index (Phi) is 10.4. The van der Waals surface area contributed by atoms with Crippen LogP contribution in [0.25, 0.3) is 0 Å². The number of carbonyl (C=O) groups is 2. The molecule has 1 saturated carbocycles. The van der Waals surface area contributed by atoms with E-state index in [2.05, 4.69) is 21.2 Å². The van der Waals surface area contributed by atoms with Gasteiger partial charge < -0.3 is 15.0 Å². The van der Waals surface area contributed by atoms with Crippen molar-refractivity contribution in [2.75, 3.05) is 23.7 Å². The Bertz CT molecular complexity index is 1180. The van der Waals surface area contributed by atoms with Crippen molar-refractivity contribution in [3.8, 4) is 5.75 Å². The minimum absolute atomic E-state index is 0.0945. The topological polar surface area (TPSA) is 96.0 Å². The minimum atomic E-state index is -3.84. The van der Waals surface area contributed by atoms with E-state index >= 15 is 0 Å². The van der Waals surface area contributed by atoms with Crippen LogP contribution in [0.5, 0.6) is 5.75 Å². The number of nitrogens with zero attached hydrogens (tertiary/aromatic N) is 2. The third-order valence-corrected chi connectivity index (χ3v) is 8.09. The second-order valence-electron chi connectivity index (χ2n) is 9.34. The van der Waals surface area contributed by atoms with Gasteiger partial charge in [0.1, 0.15) is 18.3 Å². The summed E-state index contributed by atoms with van der Waals surface area (Å²) < 4.78 is 33.2. The van der Waals surface area contributed by atoms with E-state index < -0.39 is 28.5 Å². The first-order valence-corrected chi connectivity index (χ1v) is 15.3. The number of rotatable bonds is 11. The third kappa shape index (κ3) is 8.20. The second-order valence-corrected chi connectivity index (χ2v) is 12.2. The Balaban J connectivity index is 1.90. The molecule has 2 aromatic carbocycles. The number of sulfonamides is 1. The summed E-state index contributed by atoms with van der Waals surface area (Å²) in [5.41, 5.74) is 1.10. The average molecular weight is 595 g/mol. The highest BCUT2D eigenvalue weighted by atomic mass is 79.9. The van der Waals surface area contributed by atoms with Crippen LogP contribution in [0.2, 0.25) is 0 Å². The lowest BCUT2D eigenvalue weighted by Crippen LogP contribution is -2.53. The van der Waals surface area contributed by atoms with Crippen LogP contribution >= 0.6 is 15.9 Å². The molecule has 0 spiro atoms. The molecule has 10 heteroatoms. The van der Waals surface area contributed by atoms with Crippen LogP contribution in [-0.4, -0.2) is 56.6 Å². The smallest absolute Gasteiger partial charge is 0.244 e. The zero-order valence-corrected chi connectivity index (χ0v) is 24.1. The van der Waals surface area contributed by atoms with Gasteiger partial charge in [0.2, 0.25) is 21.8 Å². The van der Waals surface area contributed by atoms with Gasteiger partial charge >= 0.3 is 0 Å². The maximum Gasteiger partial charge on any atom is 0.244 e. The van der Waals surface area contributed by atoms with E-state index in [9.17, 15) is 18.0 Å². The van der Waals surface area contributed by atoms with Gasteiger partial charge in [0.05, 0.1) is 18.6 Å². The maximum absolute atomic E-state index is 13.8. The van der Waals surface area contributed by atoms with Crippen molar-refractivity contribution in [2.45, 2.75) is 64.6 Å². The van der Waals surface area contributed by atoms with E-state index in [0.717, 1.165) is 46.3 Å². The van der Waals surface area contributed by atoms with Crippen LogP contribution in [-0.2, 0) is 26.2 Å². The summed E-state index contributed by atoms with van der Waals surface area (Å²) in [4.78, 5) is 28.4. The highest BCUT2D eigenvalue weighted by molar-refractivity contribution is 9.10. The van der Waals surface area contributed by atoms with Gasteiger partial charge in [-0.05, 0) is 56.5 Å². The van der Waals surface area contributed by atoms with Crippen molar-refractivity contribution in [3.05, 3.63) is 58.6 Å². The number of benzene rings is 2. The van der Waals surface area contributed by atoms with Crippen molar-refractivity contribution in [1.29, 1.82) is 0 Å². The van der Waals surface area contributed by atoms with Crippen LogP contribution < -0.4 is 14.4 Å². The minimum Gasteiger partial charge on any atom is -0.492 e. The first-order valence-electron chi connectivity index (χ1n) is 12.6. The van der Waals surface area contributed by atoms with Crippen molar-refractivity contribution >= 4 is 43.5 Å². The SMILES string of the molecule is CCOc1ccccc1N(CC(=O)N(Cc1cccc(Br)c1)[C@@H](C)C(=O)NC1CCCCC1)S(C)(=O)=O. The van der Waals surface area contributed by atoms with E-state index in [-0.39, 0.29) is 24.2 Å². The molecule has 8 nitrogen and oxygen atoms in total. The van der Waals surface area contributed by atoms with E-state index in [1.54, 1.807) is 38.1 Å². The lowest BCUT2D eigenvalue weighted by atomic mass is 9.95. The Hall–Kier alpha value is -2.59. The van der Waals surface area contributed by atoms with E-state index in [4.69, 9.17) is 4.74 Å². The third-order valence-electron chi connectivity index (χ3n) is 6.47. The molecule has 1 atom stereocenters. The molecular weight excluding hydrogens is 558 g/mol. The molecule has 0 aliphatic heterocycles. The van der Waals surface area contributed by atoms with Gasteiger partial charge in [0.25, 0.3) is 0 Å². The molecule has 0 saturated heterocycles. The monoisotopic (exact) mass is 593 g/mol. The molecule has 1 N–H and O–H groups in total. The van der Waals surface area contributed by atoms with Gasteiger partial charge in [-0.25, -0.2) is 8.42 Å². The number of nitrogens with one attached hydrogen (secondary N) is 1. The van der Waals surface area contributed by atoms with Crippen molar-refractivity contribution in [2.24, 2.45) is 0 Å². The molecule has 2 aromatic rings. The quantitative estimate of drug-likeness (QED) is 0.414. The summed E-state index contributed by atoms with van der Waals surface area (Å²) in [5.74, 6) is -0.358. The summed E-state index contributed by atoms with van der Waals surface area (Å²) in [6.07, 6.45) is 6.22. The summed E-state index contributed by atoms with van der Waals surface area (Å²) in [6, 6.07) is 13.5. The molecule has 0 bridgehead atoms. The molecule has 2 amide bonds. The van der Waals surface area contributed by atoms with E-state index in [1.807, 2.05) is 24.3 Å². The Morgan fingerprint density at radius 2 is 1.81 bits per heavy atom. The molecule has 0 unspecified atom stereocenters. The lowest BCUT2D eigenvalue weighted by Gasteiger charge is -2.33. The van der Waals surface area contributed by atoms with Crippen molar-refractivity contribution in [1.82, 2.24) is 10.2 Å². The molecule has 1 fully saturated rings. The van der Waals surface area contributed by atoms with Gasteiger partial charge in [-0.3, -0.25) is 13.9 Å². The summed E-state index contributed by atoms with van der Waals surface area (Å²) in [7, 11) is -3.84. The van der Waals surface area contributed by atoms with Crippen LogP contribution in [0.3, 0.4) is 0 Å². The molecule has 37 heavy (non-hydrogen) atoms. The van der Waals surface area contributed by atoms with Crippen molar-refractivity contribution < 1.29 is 22.7 Å². The van der Waals surface area contributed by atoms with Crippen LogP contribution in [0.15, 0.2) is 53.0 Å². The number of carbonyl (C=O) groups excluding carboxylic acids is 2. The van der Waals surface area contributed by atoms with Crippen LogP contribution in [0.4, 0.5) is 5.69 Å². The van der Waals surface area contributed by atoms with E-state index in [1.165, 1.54) is 11.3 Å². The van der Waals surface area contributed by atoms with Gasteiger partial charge in [0.15, 0.2) is 0 Å². The Morgan fingerprint density at radius 1 is 1.11 bits per heavy atom. The Labute approximate surface area is 228 Å². The van der Waals surface area contributed by atoms with Gasteiger partial charge in [-0.2, -0.15) is 0 Å². The summed E-state index contributed by atoms with van der Waals surface area (Å²) in [5, 5.41) is 3.10. The fourth-order valence-electron chi connectivity index (χ4n) is 4.52. The largest absolute Gasteiger partial charge is 0.492 e. The van der Waals surface area contributed by atoms with Gasteiger partial charge in [0, 0.05) is 17.1 Å². The predicted molar refractivity (Wildman–Crippen MR) is 149 cm³/mol. The average Bonchev–Trinajstić information content (AvgIpc) is 2.86. The fraction of sp³-hybridized carbons (Fsp3) is 0.481. The standard InChI is InChI=1S/C27H36BrN3O5S/c1-4-36-25-16-9-8-15-24(25)31(37(3,34)35)19-26(32)30(18-21-11-10-12-22(28)17-21)20(2)27(33)29-23-13-6-5-7-14-23/h8-12,15-17,20,23H,4-7,13-14,18-19H2,1-3H3,(H,29,33)/t20-/m0/s1. The molecular formula is C27H36BrN3O5S. The molecule has 1 aliphatic carbocycles. The summed E-state index contributed by atoms with van der Waals surface area (Å²) in [6.45, 7) is 3.53. The highest BCUT2D eigenvalue weighted by Gasteiger charge is 2.32. The summed E-state index contributed by atoms with van der Waals surface area (Å²) >= 11 is 3.46. The Morgan fingerprint density at radius 3 is 2.46 bits per heavy atom. The zero-order chi connectivity index (χ0) is 27.0. The van der Waals surface area contributed by atoms with Gasteiger partial charge in [-0.15, -0.1) is 0 Å². The number of ether oxygens (including phenoxy) is 1. The second kappa shape index (κ2) is 13.3. The molecule has 1 aliphatic rings. The number of para-hydroxylation sites is 2. The normalized spacial score (nSPS) is 15.0. The number of amides is 2. The number of halogens is 1. The molecule has 0 heterocycles. The van der Waals surface area contributed by atoms with E-state index in [0.29, 0.717) is 12.4 Å². The molecule has 0 radical (unpaired) electrons. The molecule has 0 aromatic heterocycles. The first kappa shape index (κ1) is 29.0. The maximum atomic E-state index is 13.8.